The summed E-state index contributed by atoms with van der Waals surface area (Å²) in [7, 11) is 0. The Morgan fingerprint density at radius 1 is 0.975 bits per heavy atom. The first-order valence-corrected chi connectivity index (χ1v) is 14.9. The minimum absolute atomic E-state index is 0.108. The molecule has 0 aromatic heterocycles. The normalized spacial score (nSPS) is 17.6. The van der Waals surface area contributed by atoms with E-state index in [0.717, 1.165) is 71.6 Å². The molecule has 210 valence electrons. The van der Waals surface area contributed by atoms with Gasteiger partial charge in [0, 0.05) is 53.5 Å². The molecule has 0 saturated heterocycles. The van der Waals surface area contributed by atoms with Gasteiger partial charge in [0.1, 0.15) is 0 Å². The quantitative estimate of drug-likeness (QED) is 0.364. The molecule has 0 saturated carbocycles. The van der Waals surface area contributed by atoms with Crippen LogP contribution in [0.1, 0.15) is 69.4 Å². The van der Waals surface area contributed by atoms with E-state index in [2.05, 4.69) is 33.1 Å². The maximum absolute atomic E-state index is 13.4. The Bertz CT molecular complexity index is 1380. The van der Waals surface area contributed by atoms with Gasteiger partial charge in [-0.05, 0) is 91.7 Å². The number of hydrogen-bond acceptors (Lipinski definition) is 6. The third-order valence-corrected chi connectivity index (χ3v) is 8.42. The smallest absolute Gasteiger partial charge is 0.262 e. The topological polar surface area (TPSA) is 84.9 Å². The second-order valence-electron chi connectivity index (χ2n) is 10.4. The molecule has 0 radical (unpaired) electrons. The molecule has 1 heterocycles. The fourth-order valence-electron chi connectivity index (χ4n) is 6.13. The van der Waals surface area contributed by atoms with E-state index in [9.17, 15) is 14.4 Å². The molecule has 0 bridgehead atoms. The standard InChI is InChI=1S/C32H35BrN2O5/c1-4-35-23-12-8-14-25(36)30(23)29(31-24(35)13-9-15-26(31)37)20-16-21(33)32(27(17-20)39-5-2)40-18-28(38)34-22-11-7-6-10-19(22)3/h6-7,10-11,16-17,29H,4-5,8-9,12-15,18H2,1-3H3,(H,34,38). The summed E-state index contributed by atoms with van der Waals surface area (Å²) in [6.07, 6.45) is 4.27. The van der Waals surface area contributed by atoms with Crippen LogP contribution in [0.5, 0.6) is 11.5 Å². The van der Waals surface area contributed by atoms with E-state index in [-0.39, 0.29) is 24.1 Å². The van der Waals surface area contributed by atoms with Crippen LogP contribution in [0.2, 0.25) is 0 Å². The van der Waals surface area contributed by atoms with Crippen LogP contribution in [-0.2, 0) is 14.4 Å². The summed E-state index contributed by atoms with van der Waals surface area (Å²) in [4.78, 5) is 41.8. The van der Waals surface area contributed by atoms with Crippen molar-refractivity contribution >= 4 is 39.1 Å². The summed E-state index contributed by atoms with van der Waals surface area (Å²) in [6, 6.07) is 11.3. The summed E-state index contributed by atoms with van der Waals surface area (Å²) in [6.45, 7) is 6.80. The number of benzene rings is 2. The third-order valence-electron chi connectivity index (χ3n) is 7.83. The molecule has 0 fully saturated rings. The summed E-state index contributed by atoms with van der Waals surface area (Å²) in [5.41, 5.74) is 6.09. The molecule has 1 N–H and O–H groups in total. The van der Waals surface area contributed by atoms with Crippen molar-refractivity contribution < 1.29 is 23.9 Å². The van der Waals surface area contributed by atoms with Crippen LogP contribution in [0.3, 0.4) is 0 Å². The number of nitrogens with zero attached hydrogens (tertiary/aromatic N) is 1. The average Bonchev–Trinajstić information content (AvgIpc) is 2.93. The Hall–Kier alpha value is -3.39. The number of allylic oxidation sites excluding steroid dienone is 4. The van der Waals surface area contributed by atoms with Crippen LogP contribution in [-0.4, -0.2) is 42.1 Å². The molecule has 3 aliphatic rings. The molecule has 1 amide bonds. The van der Waals surface area contributed by atoms with E-state index in [0.29, 0.717) is 35.4 Å². The summed E-state index contributed by atoms with van der Waals surface area (Å²) in [5.74, 6) is 0.357. The average molecular weight is 608 g/mol. The number of anilines is 1. The number of ketones is 2. The number of Topliss-reactive ketones (excluding diaryl/α,β-unsaturated/α-hetero) is 2. The third kappa shape index (κ3) is 5.33. The molecule has 8 heteroatoms. The lowest BCUT2D eigenvalue weighted by atomic mass is 9.71. The SMILES string of the molecule is CCOc1cc(C2C3=C(CCCC3=O)N(CC)C3=C2C(=O)CCC3)cc(Br)c1OCC(=O)Nc1ccccc1C. The second-order valence-corrected chi connectivity index (χ2v) is 11.2. The Balaban J connectivity index is 1.52. The zero-order chi connectivity index (χ0) is 28.4. The van der Waals surface area contributed by atoms with Gasteiger partial charge < -0.3 is 19.7 Å². The van der Waals surface area contributed by atoms with Crippen molar-refractivity contribution in [3.05, 3.63) is 74.5 Å². The number of nitrogens with one attached hydrogen (secondary N) is 1. The van der Waals surface area contributed by atoms with Gasteiger partial charge in [0.2, 0.25) is 0 Å². The van der Waals surface area contributed by atoms with Crippen LogP contribution in [0, 0.1) is 6.92 Å². The van der Waals surface area contributed by atoms with Crippen molar-refractivity contribution in [1.82, 2.24) is 4.90 Å². The summed E-state index contributed by atoms with van der Waals surface area (Å²) < 4.78 is 12.6. The van der Waals surface area contributed by atoms with E-state index in [1.165, 1.54) is 0 Å². The fourth-order valence-corrected chi connectivity index (χ4v) is 6.70. The first-order chi connectivity index (χ1) is 19.3. The number of rotatable bonds is 8. The van der Waals surface area contributed by atoms with Crippen LogP contribution >= 0.6 is 15.9 Å². The molecule has 2 aliphatic carbocycles. The number of para-hydroxylation sites is 1. The zero-order valence-electron chi connectivity index (χ0n) is 23.3. The van der Waals surface area contributed by atoms with Crippen LogP contribution < -0.4 is 14.8 Å². The maximum atomic E-state index is 13.4. The highest BCUT2D eigenvalue weighted by Crippen LogP contribution is 2.51. The molecule has 40 heavy (non-hydrogen) atoms. The van der Waals surface area contributed by atoms with Gasteiger partial charge in [0.15, 0.2) is 29.7 Å². The largest absolute Gasteiger partial charge is 0.490 e. The Morgan fingerprint density at radius 2 is 1.62 bits per heavy atom. The highest BCUT2D eigenvalue weighted by Gasteiger charge is 2.43. The van der Waals surface area contributed by atoms with Gasteiger partial charge in [-0.15, -0.1) is 0 Å². The fraction of sp³-hybridized carbons (Fsp3) is 0.406. The van der Waals surface area contributed by atoms with Gasteiger partial charge >= 0.3 is 0 Å². The number of hydrogen-bond donors (Lipinski definition) is 1. The van der Waals surface area contributed by atoms with Crippen molar-refractivity contribution in [3.8, 4) is 11.5 Å². The first kappa shape index (κ1) is 28.1. The molecule has 7 nitrogen and oxygen atoms in total. The van der Waals surface area contributed by atoms with Crippen molar-refractivity contribution in [3.63, 3.8) is 0 Å². The van der Waals surface area contributed by atoms with Crippen molar-refractivity contribution in [1.29, 1.82) is 0 Å². The molecule has 5 rings (SSSR count). The van der Waals surface area contributed by atoms with Gasteiger partial charge in [0.05, 0.1) is 11.1 Å². The number of aryl methyl sites for hydroxylation is 1. The number of ether oxygens (including phenoxy) is 2. The second kappa shape index (κ2) is 12.0. The van der Waals surface area contributed by atoms with Gasteiger partial charge in [-0.1, -0.05) is 18.2 Å². The van der Waals surface area contributed by atoms with E-state index in [1.807, 2.05) is 50.2 Å². The number of halogens is 1. The summed E-state index contributed by atoms with van der Waals surface area (Å²) >= 11 is 3.65. The maximum Gasteiger partial charge on any atom is 0.262 e. The molecular weight excluding hydrogens is 572 g/mol. The van der Waals surface area contributed by atoms with E-state index in [4.69, 9.17) is 9.47 Å². The predicted molar refractivity (Wildman–Crippen MR) is 158 cm³/mol. The lowest BCUT2D eigenvalue weighted by Crippen LogP contribution is -2.39. The minimum atomic E-state index is -0.442. The van der Waals surface area contributed by atoms with Crippen molar-refractivity contribution in [2.24, 2.45) is 0 Å². The molecule has 0 unspecified atom stereocenters. The summed E-state index contributed by atoms with van der Waals surface area (Å²) in [5, 5.41) is 2.88. The Kier molecular flexibility index (Phi) is 8.45. The molecule has 2 aromatic carbocycles. The first-order valence-electron chi connectivity index (χ1n) is 14.1. The Morgan fingerprint density at radius 3 is 2.23 bits per heavy atom. The lowest BCUT2D eigenvalue weighted by Gasteiger charge is -2.43. The van der Waals surface area contributed by atoms with Crippen molar-refractivity contribution in [2.75, 3.05) is 25.1 Å². The highest BCUT2D eigenvalue weighted by atomic mass is 79.9. The van der Waals surface area contributed by atoms with E-state index < -0.39 is 5.92 Å². The predicted octanol–water partition coefficient (Wildman–Crippen LogP) is 6.61. The van der Waals surface area contributed by atoms with Gasteiger partial charge in [-0.3, -0.25) is 14.4 Å². The molecule has 1 aliphatic heterocycles. The van der Waals surface area contributed by atoms with Crippen molar-refractivity contribution in [2.45, 2.75) is 65.2 Å². The zero-order valence-corrected chi connectivity index (χ0v) is 24.9. The van der Waals surface area contributed by atoms with Crippen LogP contribution in [0.4, 0.5) is 5.69 Å². The minimum Gasteiger partial charge on any atom is -0.490 e. The highest BCUT2D eigenvalue weighted by molar-refractivity contribution is 9.10. The Labute approximate surface area is 243 Å². The number of carbonyl (C=O) groups excluding carboxylic acids is 3. The molecule has 2 aromatic rings. The van der Waals surface area contributed by atoms with Gasteiger partial charge in [0.25, 0.3) is 5.91 Å². The molecular formula is C32H35BrN2O5. The van der Waals surface area contributed by atoms with Crippen LogP contribution in [0.15, 0.2) is 63.4 Å². The number of carbonyl (C=O) groups is 3. The monoisotopic (exact) mass is 606 g/mol. The van der Waals surface area contributed by atoms with E-state index in [1.54, 1.807) is 0 Å². The number of amides is 1. The van der Waals surface area contributed by atoms with Crippen LogP contribution in [0.25, 0.3) is 0 Å². The van der Waals surface area contributed by atoms with E-state index >= 15 is 0 Å². The lowest BCUT2D eigenvalue weighted by molar-refractivity contribution is -0.118. The van der Waals surface area contributed by atoms with Gasteiger partial charge in [-0.25, -0.2) is 0 Å². The molecule has 0 spiro atoms. The van der Waals surface area contributed by atoms with Gasteiger partial charge in [-0.2, -0.15) is 0 Å². The molecule has 0 atom stereocenters.